The number of guanidine groups is 1. The van der Waals surface area contributed by atoms with E-state index in [9.17, 15) is 9.90 Å². The Bertz CT molecular complexity index is 774. The monoisotopic (exact) mass is 398 g/mol. The van der Waals surface area contributed by atoms with Crippen LogP contribution in [0.25, 0.3) is 0 Å². The second-order valence-corrected chi connectivity index (χ2v) is 6.52. The van der Waals surface area contributed by atoms with E-state index in [1.807, 2.05) is 19.1 Å². The maximum absolute atomic E-state index is 12.0. The second kappa shape index (κ2) is 12.3. The minimum absolute atomic E-state index is 0.0159. The summed E-state index contributed by atoms with van der Waals surface area (Å²) >= 11 is 0. The summed E-state index contributed by atoms with van der Waals surface area (Å²) in [6.45, 7) is 3.50. The van der Waals surface area contributed by atoms with E-state index in [0.29, 0.717) is 11.6 Å². The summed E-state index contributed by atoms with van der Waals surface area (Å²) in [7, 11) is 1.67. The third-order valence-corrected chi connectivity index (χ3v) is 4.22. The molecule has 156 valence electrons. The highest BCUT2D eigenvalue weighted by Gasteiger charge is 2.03. The summed E-state index contributed by atoms with van der Waals surface area (Å²) in [5.41, 5.74) is 1.91. The van der Waals surface area contributed by atoms with Gasteiger partial charge in [-0.05, 0) is 68.1 Å². The van der Waals surface area contributed by atoms with Crippen molar-refractivity contribution in [2.75, 3.05) is 32.1 Å². The highest BCUT2D eigenvalue weighted by atomic mass is 16.5. The lowest BCUT2D eigenvalue weighted by Gasteiger charge is -2.11. The van der Waals surface area contributed by atoms with Gasteiger partial charge in [0.05, 0.1) is 7.11 Å². The van der Waals surface area contributed by atoms with E-state index in [0.717, 1.165) is 38.1 Å². The molecule has 0 radical (unpaired) electrons. The largest absolute Gasteiger partial charge is 0.508 e. The van der Waals surface area contributed by atoms with E-state index in [4.69, 9.17) is 4.74 Å². The molecule has 0 unspecified atom stereocenters. The summed E-state index contributed by atoms with van der Waals surface area (Å²) in [6, 6.07) is 14.5. The van der Waals surface area contributed by atoms with Gasteiger partial charge in [0.1, 0.15) is 18.0 Å². The lowest BCUT2D eigenvalue weighted by atomic mass is 10.1. The van der Waals surface area contributed by atoms with Crippen molar-refractivity contribution in [3.63, 3.8) is 0 Å². The van der Waals surface area contributed by atoms with Gasteiger partial charge in [0.25, 0.3) is 0 Å². The Hall–Kier alpha value is -3.22. The molecular formula is C22H30N4O3. The van der Waals surface area contributed by atoms with Crippen LogP contribution in [-0.4, -0.2) is 43.7 Å². The molecule has 7 nitrogen and oxygen atoms in total. The summed E-state index contributed by atoms with van der Waals surface area (Å²) in [4.78, 5) is 16.4. The molecule has 0 aliphatic rings. The standard InChI is InChI=1S/C22H30N4O3/c1-3-23-22(25-16-21(28)26-18-9-11-19(27)12-10-18)24-15-5-4-6-17-7-13-20(29-2)14-8-17/h7-14,27H,3-6,15-16H2,1-2H3,(H,26,28)(H2,23,24,25). The molecule has 0 spiro atoms. The highest BCUT2D eigenvalue weighted by Crippen LogP contribution is 2.14. The van der Waals surface area contributed by atoms with E-state index in [2.05, 4.69) is 33.1 Å². The third-order valence-electron chi connectivity index (χ3n) is 4.22. The van der Waals surface area contributed by atoms with Crippen molar-refractivity contribution in [3.8, 4) is 11.5 Å². The lowest BCUT2D eigenvalue weighted by Crippen LogP contribution is -2.38. The van der Waals surface area contributed by atoms with E-state index >= 15 is 0 Å². The van der Waals surface area contributed by atoms with E-state index in [1.54, 1.807) is 19.2 Å². The first-order valence-corrected chi connectivity index (χ1v) is 9.84. The van der Waals surface area contributed by atoms with Gasteiger partial charge in [0, 0.05) is 18.8 Å². The van der Waals surface area contributed by atoms with Crippen LogP contribution in [0.3, 0.4) is 0 Å². The minimum Gasteiger partial charge on any atom is -0.508 e. The predicted octanol–water partition coefficient (Wildman–Crippen LogP) is 2.92. The smallest absolute Gasteiger partial charge is 0.246 e. The SMILES string of the molecule is CCNC(=NCC(=O)Nc1ccc(O)cc1)NCCCCc1ccc(OC)cc1. The first-order chi connectivity index (χ1) is 14.1. The average Bonchev–Trinajstić information content (AvgIpc) is 2.74. The Balaban J connectivity index is 1.70. The fraction of sp³-hybridized carbons (Fsp3) is 0.364. The number of methoxy groups -OCH3 is 1. The van der Waals surface area contributed by atoms with Gasteiger partial charge < -0.3 is 25.8 Å². The molecule has 7 heteroatoms. The van der Waals surface area contributed by atoms with Gasteiger partial charge in [0.2, 0.25) is 5.91 Å². The van der Waals surface area contributed by atoms with Crippen LogP contribution in [0.15, 0.2) is 53.5 Å². The van der Waals surface area contributed by atoms with Crippen LogP contribution in [0.2, 0.25) is 0 Å². The van der Waals surface area contributed by atoms with Crippen LogP contribution in [0, 0.1) is 0 Å². The number of phenols is 1. The van der Waals surface area contributed by atoms with E-state index in [1.165, 1.54) is 17.7 Å². The third kappa shape index (κ3) is 8.55. The molecule has 0 aromatic heterocycles. The van der Waals surface area contributed by atoms with Crippen molar-refractivity contribution >= 4 is 17.6 Å². The molecule has 2 aromatic carbocycles. The maximum atomic E-state index is 12.0. The molecule has 2 aromatic rings. The lowest BCUT2D eigenvalue weighted by molar-refractivity contribution is -0.114. The molecule has 0 fully saturated rings. The Morgan fingerprint density at radius 3 is 2.41 bits per heavy atom. The van der Waals surface area contributed by atoms with Gasteiger partial charge in [-0.2, -0.15) is 0 Å². The van der Waals surface area contributed by atoms with E-state index < -0.39 is 0 Å². The number of aromatic hydroxyl groups is 1. The average molecular weight is 399 g/mol. The van der Waals surface area contributed by atoms with Crippen molar-refractivity contribution in [1.29, 1.82) is 0 Å². The van der Waals surface area contributed by atoms with Crippen LogP contribution < -0.4 is 20.7 Å². The van der Waals surface area contributed by atoms with E-state index in [-0.39, 0.29) is 18.2 Å². The number of ether oxygens (including phenoxy) is 1. The number of rotatable bonds is 10. The molecule has 4 N–H and O–H groups in total. The number of benzene rings is 2. The molecule has 0 saturated carbocycles. The number of aryl methyl sites for hydroxylation is 1. The number of nitrogens with one attached hydrogen (secondary N) is 3. The van der Waals surface area contributed by atoms with Crippen molar-refractivity contribution in [1.82, 2.24) is 10.6 Å². The fourth-order valence-electron chi connectivity index (χ4n) is 2.69. The molecule has 0 bridgehead atoms. The summed E-state index contributed by atoms with van der Waals surface area (Å²) in [5, 5.41) is 18.4. The number of unbranched alkanes of at least 4 members (excludes halogenated alkanes) is 1. The number of hydrogen-bond acceptors (Lipinski definition) is 4. The Morgan fingerprint density at radius 1 is 1.03 bits per heavy atom. The van der Waals surface area contributed by atoms with Crippen LogP contribution in [0.5, 0.6) is 11.5 Å². The molecule has 1 amide bonds. The Morgan fingerprint density at radius 2 is 1.76 bits per heavy atom. The van der Waals surface area contributed by atoms with Gasteiger partial charge in [-0.25, -0.2) is 4.99 Å². The molecule has 0 atom stereocenters. The van der Waals surface area contributed by atoms with Gasteiger partial charge in [-0.1, -0.05) is 12.1 Å². The zero-order valence-electron chi connectivity index (χ0n) is 17.1. The molecule has 29 heavy (non-hydrogen) atoms. The molecule has 0 heterocycles. The zero-order chi connectivity index (χ0) is 20.9. The Labute approximate surface area is 172 Å². The normalized spacial score (nSPS) is 11.0. The van der Waals surface area contributed by atoms with Crippen LogP contribution in [-0.2, 0) is 11.2 Å². The van der Waals surface area contributed by atoms with Crippen molar-refractivity contribution in [2.45, 2.75) is 26.2 Å². The maximum Gasteiger partial charge on any atom is 0.246 e. The molecule has 2 rings (SSSR count). The number of phenolic OH excluding ortho intramolecular Hbond substituents is 1. The van der Waals surface area contributed by atoms with Gasteiger partial charge in [-0.15, -0.1) is 0 Å². The molecule has 0 aliphatic carbocycles. The topological polar surface area (TPSA) is 95.0 Å². The number of anilines is 1. The molecule has 0 aliphatic heterocycles. The Kier molecular flexibility index (Phi) is 9.35. The van der Waals surface area contributed by atoms with Gasteiger partial charge in [0.15, 0.2) is 5.96 Å². The number of carbonyl (C=O) groups excluding carboxylic acids is 1. The van der Waals surface area contributed by atoms with Crippen molar-refractivity contribution in [3.05, 3.63) is 54.1 Å². The van der Waals surface area contributed by atoms with Gasteiger partial charge >= 0.3 is 0 Å². The zero-order valence-corrected chi connectivity index (χ0v) is 17.1. The van der Waals surface area contributed by atoms with Gasteiger partial charge in [-0.3, -0.25) is 4.79 Å². The summed E-state index contributed by atoms with van der Waals surface area (Å²) < 4.78 is 5.17. The summed E-state index contributed by atoms with van der Waals surface area (Å²) in [6.07, 6.45) is 3.06. The first kappa shape index (κ1) is 22.1. The number of nitrogens with zero attached hydrogens (tertiary/aromatic N) is 1. The fourth-order valence-corrected chi connectivity index (χ4v) is 2.69. The van der Waals surface area contributed by atoms with Crippen LogP contribution >= 0.6 is 0 Å². The summed E-state index contributed by atoms with van der Waals surface area (Å²) in [5.74, 6) is 1.44. The second-order valence-electron chi connectivity index (χ2n) is 6.52. The van der Waals surface area contributed by atoms with Crippen LogP contribution in [0.1, 0.15) is 25.3 Å². The number of aliphatic imine (C=N–C) groups is 1. The van der Waals surface area contributed by atoms with Crippen LogP contribution in [0.4, 0.5) is 5.69 Å². The van der Waals surface area contributed by atoms with Crippen molar-refractivity contribution < 1.29 is 14.6 Å². The highest BCUT2D eigenvalue weighted by molar-refractivity contribution is 5.94. The number of amides is 1. The molecular weight excluding hydrogens is 368 g/mol. The first-order valence-electron chi connectivity index (χ1n) is 9.84. The predicted molar refractivity (Wildman–Crippen MR) is 117 cm³/mol. The minimum atomic E-state index is -0.215. The number of carbonyl (C=O) groups is 1. The van der Waals surface area contributed by atoms with Crippen molar-refractivity contribution in [2.24, 2.45) is 4.99 Å². The molecule has 0 saturated heterocycles. The number of hydrogen-bond donors (Lipinski definition) is 4. The quantitative estimate of drug-likeness (QED) is 0.214.